The van der Waals surface area contributed by atoms with Gasteiger partial charge in [-0.25, -0.2) is 0 Å². The molecular formula is C9H9N5O3. The Balaban J connectivity index is 2.41. The lowest BCUT2D eigenvalue weighted by atomic mass is 10.2. The molecular weight excluding hydrogens is 226 g/mol. The Morgan fingerprint density at radius 3 is 2.88 bits per heavy atom. The van der Waals surface area contributed by atoms with Gasteiger partial charge in [-0.05, 0) is 11.3 Å². The Labute approximate surface area is 95.6 Å². The summed E-state index contributed by atoms with van der Waals surface area (Å²) < 4.78 is 0. The quantitative estimate of drug-likeness (QED) is 0.600. The minimum absolute atomic E-state index is 0.0731. The van der Waals surface area contributed by atoms with E-state index >= 15 is 0 Å². The van der Waals surface area contributed by atoms with Crippen LogP contribution in [0.25, 0.3) is 11.4 Å². The Morgan fingerprint density at radius 2 is 2.18 bits per heavy atom. The lowest BCUT2D eigenvalue weighted by Gasteiger charge is -1.96. The summed E-state index contributed by atoms with van der Waals surface area (Å²) in [6.45, 7) is 0.0836. The van der Waals surface area contributed by atoms with Crippen LogP contribution in [0, 0.1) is 10.1 Å². The van der Waals surface area contributed by atoms with Crippen molar-refractivity contribution in [1.82, 2.24) is 20.2 Å². The number of aliphatic hydroxyl groups excluding tert-OH is 1. The summed E-state index contributed by atoms with van der Waals surface area (Å²) in [5.74, 6) is 0.172. The summed E-state index contributed by atoms with van der Waals surface area (Å²) >= 11 is 0. The number of hydrogen-bond donors (Lipinski definition) is 1. The van der Waals surface area contributed by atoms with Gasteiger partial charge < -0.3 is 5.11 Å². The van der Waals surface area contributed by atoms with E-state index < -0.39 is 4.92 Å². The zero-order valence-corrected chi connectivity index (χ0v) is 8.72. The van der Waals surface area contributed by atoms with Crippen molar-refractivity contribution in [2.24, 2.45) is 0 Å². The van der Waals surface area contributed by atoms with Crippen LogP contribution < -0.4 is 0 Å². The number of hydrogen-bond acceptors (Lipinski definition) is 6. The number of nitro benzene ring substituents is 1. The molecule has 2 aromatic rings. The monoisotopic (exact) mass is 235 g/mol. The van der Waals surface area contributed by atoms with Crippen LogP contribution in [0.4, 0.5) is 5.69 Å². The molecule has 0 aliphatic heterocycles. The van der Waals surface area contributed by atoms with Crippen molar-refractivity contribution in [2.45, 2.75) is 6.54 Å². The molecule has 0 aliphatic carbocycles. The molecule has 88 valence electrons. The molecule has 0 saturated carbocycles. The van der Waals surface area contributed by atoms with E-state index in [2.05, 4.69) is 15.4 Å². The maximum atomic E-state index is 10.8. The molecule has 0 amide bonds. The second-order valence-electron chi connectivity index (χ2n) is 3.21. The molecule has 0 bridgehead atoms. The third-order valence-electron chi connectivity index (χ3n) is 2.09. The number of aromatic nitrogens is 4. The van der Waals surface area contributed by atoms with Crippen LogP contribution in [0.1, 0.15) is 0 Å². The SMILES string of the molecule is O=[N+]([O-])c1ccccc1-c1nnn(CCO)n1. The van der Waals surface area contributed by atoms with Crippen molar-refractivity contribution >= 4 is 5.69 Å². The van der Waals surface area contributed by atoms with E-state index in [4.69, 9.17) is 5.11 Å². The van der Waals surface area contributed by atoms with Crippen LogP contribution >= 0.6 is 0 Å². The van der Waals surface area contributed by atoms with Gasteiger partial charge in [0.2, 0.25) is 5.82 Å². The summed E-state index contributed by atoms with van der Waals surface area (Å²) in [6.07, 6.45) is 0. The molecule has 0 aliphatic rings. The van der Waals surface area contributed by atoms with Crippen LogP contribution in [0.5, 0.6) is 0 Å². The first-order valence-electron chi connectivity index (χ1n) is 4.85. The predicted molar refractivity (Wildman–Crippen MR) is 57.0 cm³/mol. The van der Waals surface area contributed by atoms with Gasteiger partial charge in [0, 0.05) is 6.07 Å². The van der Waals surface area contributed by atoms with E-state index in [0.717, 1.165) is 0 Å². The number of benzene rings is 1. The van der Waals surface area contributed by atoms with E-state index in [9.17, 15) is 10.1 Å². The summed E-state index contributed by atoms with van der Waals surface area (Å²) in [5, 5.41) is 30.8. The van der Waals surface area contributed by atoms with Gasteiger partial charge in [-0.15, -0.1) is 10.2 Å². The van der Waals surface area contributed by atoms with Gasteiger partial charge in [0.15, 0.2) is 0 Å². The zero-order valence-electron chi connectivity index (χ0n) is 8.72. The molecule has 1 aromatic heterocycles. The fourth-order valence-corrected chi connectivity index (χ4v) is 1.36. The van der Waals surface area contributed by atoms with E-state index in [1.54, 1.807) is 18.2 Å². The average Bonchev–Trinajstić information content (AvgIpc) is 2.78. The minimum atomic E-state index is -0.498. The van der Waals surface area contributed by atoms with Crippen molar-refractivity contribution in [3.8, 4) is 11.4 Å². The Bertz CT molecular complexity index is 539. The Morgan fingerprint density at radius 1 is 1.41 bits per heavy atom. The molecule has 8 nitrogen and oxygen atoms in total. The van der Waals surface area contributed by atoms with Gasteiger partial charge in [0.05, 0.1) is 18.1 Å². The summed E-state index contributed by atoms with van der Waals surface area (Å²) in [5.41, 5.74) is 0.234. The lowest BCUT2D eigenvalue weighted by Crippen LogP contribution is -2.05. The van der Waals surface area contributed by atoms with Crippen molar-refractivity contribution in [3.05, 3.63) is 34.4 Å². The van der Waals surface area contributed by atoms with Gasteiger partial charge in [0.1, 0.15) is 5.56 Å². The van der Waals surface area contributed by atoms with Crippen LogP contribution in [0.2, 0.25) is 0 Å². The minimum Gasteiger partial charge on any atom is -0.394 e. The fourth-order valence-electron chi connectivity index (χ4n) is 1.36. The molecule has 17 heavy (non-hydrogen) atoms. The highest BCUT2D eigenvalue weighted by Gasteiger charge is 2.17. The van der Waals surface area contributed by atoms with Crippen molar-refractivity contribution in [2.75, 3.05) is 6.61 Å². The van der Waals surface area contributed by atoms with E-state index in [1.165, 1.54) is 10.9 Å². The molecule has 1 N–H and O–H groups in total. The predicted octanol–water partition coefficient (Wildman–Crippen LogP) is 0.241. The second kappa shape index (κ2) is 4.66. The highest BCUT2D eigenvalue weighted by molar-refractivity contribution is 5.66. The van der Waals surface area contributed by atoms with Crippen molar-refractivity contribution in [1.29, 1.82) is 0 Å². The number of tetrazole rings is 1. The maximum absolute atomic E-state index is 10.8. The first-order valence-corrected chi connectivity index (χ1v) is 4.85. The highest BCUT2D eigenvalue weighted by atomic mass is 16.6. The van der Waals surface area contributed by atoms with Gasteiger partial charge in [0.25, 0.3) is 5.69 Å². The van der Waals surface area contributed by atoms with Crippen molar-refractivity contribution < 1.29 is 10.0 Å². The Hall–Kier alpha value is -2.35. The largest absolute Gasteiger partial charge is 0.394 e. The fraction of sp³-hybridized carbons (Fsp3) is 0.222. The first kappa shape index (κ1) is 11.1. The third-order valence-corrected chi connectivity index (χ3v) is 2.09. The summed E-state index contributed by atoms with van der Waals surface area (Å²) in [7, 11) is 0. The number of rotatable bonds is 4. The molecule has 1 heterocycles. The highest BCUT2D eigenvalue weighted by Crippen LogP contribution is 2.25. The van der Waals surface area contributed by atoms with E-state index in [-0.39, 0.29) is 24.7 Å². The molecule has 0 radical (unpaired) electrons. The smallest absolute Gasteiger partial charge is 0.280 e. The maximum Gasteiger partial charge on any atom is 0.280 e. The molecule has 8 heteroatoms. The van der Waals surface area contributed by atoms with E-state index in [0.29, 0.717) is 5.56 Å². The zero-order chi connectivity index (χ0) is 12.3. The van der Waals surface area contributed by atoms with Gasteiger partial charge in [-0.2, -0.15) is 4.80 Å². The molecule has 0 saturated heterocycles. The van der Waals surface area contributed by atoms with E-state index in [1.807, 2.05) is 0 Å². The average molecular weight is 235 g/mol. The number of nitro groups is 1. The second-order valence-corrected chi connectivity index (χ2v) is 3.21. The van der Waals surface area contributed by atoms with Crippen molar-refractivity contribution in [3.63, 3.8) is 0 Å². The molecule has 1 aromatic carbocycles. The molecule has 0 spiro atoms. The molecule has 0 fully saturated rings. The first-order chi connectivity index (χ1) is 8.22. The topological polar surface area (TPSA) is 107 Å². The molecule has 2 rings (SSSR count). The van der Waals surface area contributed by atoms with Crippen LogP contribution in [0.3, 0.4) is 0 Å². The lowest BCUT2D eigenvalue weighted by molar-refractivity contribution is -0.384. The van der Waals surface area contributed by atoms with Gasteiger partial charge in [-0.1, -0.05) is 12.1 Å². The summed E-state index contributed by atoms with van der Waals surface area (Å²) in [4.78, 5) is 11.5. The number of para-hydroxylation sites is 1. The van der Waals surface area contributed by atoms with Crippen LogP contribution in [-0.2, 0) is 6.54 Å². The van der Waals surface area contributed by atoms with Gasteiger partial charge >= 0.3 is 0 Å². The standard InChI is InChI=1S/C9H9N5O3/c15-6-5-13-11-9(10-12-13)7-3-1-2-4-8(7)14(16)17/h1-4,15H,5-6H2. The Kier molecular flexibility index (Phi) is 3.06. The summed E-state index contributed by atoms with van der Waals surface area (Å²) in [6, 6.07) is 6.16. The number of aliphatic hydroxyl groups is 1. The molecule has 0 unspecified atom stereocenters. The normalized spacial score (nSPS) is 10.4. The molecule has 0 atom stereocenters. The number of nitrogens with zero attached hydrogens (tertiary/aromatic N) is 5. The third kappa shape index (κ3) is 2.26. The van der Waals surface area contributed by atoms with Crippen LogP contribution in [-0.4, -0.2) is 36.8 Å². The van der Waals surface area contributed by atoms with Gasteiger partial charge in [-0.3, -0.25) is 10.1 Å². The van der Waals surface area contributed by atoms with Crippen LogP contribution in [0.15, 0.2) is 24.3 Å².